The molecule has 0 spiro atoms. The molecule has 0 radical (unpaired) electrons. The Bertz CT molecular complexity index is 654. The van der Waals surface area contributed by atoms with Crippen molar-refractivity contribution in [2.24, 2.45) is 0 Å². The van der Waals surface area contributed by atoms with E-state index in [9.17, 15) is 4.79 Å². The smallest absolute Gasteiger partial charge is 0.335 e. The number of benzene rings is 2. The standard InChI is InChI=1S/C16H12O2/c17-16(18)15-8-7-13-9-12-4-2-1-3-11(12)5-6-14(13)10-15/h1-8,10H,9H2,(H,17,18). The van der Waals surface area contributed by atoms with Gasteiger partial charge in [0.1, 0.15) is 0 Å². The Morgan fingerprint density at radius 2 is 1.67 bits per heavy atom. The molecule has 0 bridgehead atoms. The fraction of sp³-hybridized carbons (Fsp3) is 0.0625. The first-order valence-electron chi connectivity index (χ1n) is 5.86. The Balaban J connectivity index is 2.12. The van der Waals surface area contributed by atoms with Crippen LogP contribution in [0.15, 0.2) is 42.5 Å². The molecule has 88 valence electrons. The molecule has 18 heavy (non-hydrogen) atoms. The van der Waals surface area contributed by atoms with E-state index in [1.807, 2.05) is 30.4 Å². The largest absolute Gasteiger partial charge is 0.478 e. The van der Waals surface area contributed by atoms with Gasteiger partial charge in [0.25, 0.3) is 0 Å². The number of hydrogen-bond donors (Lipinski definition) is 1. The molecule has 1 N–H and O–H groups in total. The van der Waals surface area contributed by atoms with Crippen molar-refractivity contribution in [1.82, 2.24) is 0 Å². The van der Waals surface area contributed by atoms with Crippen molar-refractivity contribution in [3.8, 4) is 0 Å². The van der Waals surface area contributed by atoms with Crippen molar-refractivity contribution in [1.29, 1.82) is 0 Å². The SMILES string of the molecule is O=C(O)c1ccc2c(c1)C=Cc1ccccc1C2. The van der Waals surface area contributed by atoms with Gasteiger partial charge in [-0.25, -0.2) is 4.79 Å². The Hall–Kier alpha value is -2.35. The summed E-state index contributed by atoms with van der Waals surface area (Å²) in [5.74, 6) is -0.882. The summed E-state index contributed by atoms with van der Waals surface area (Å²) in [6.07, 6.45) is 4.89. The van der Waals surface area contributed by atoms with Crippen molar-refractivity contribution in [2.45, 2.75) is 6.42 Å². The van der Waals surface area contributed by atoms with Gasteiger partial charge in [0.15, 0.2) is 0 Å². The molecule has 2 heteroatoms. The molecule has 1 aliphatic rings. The molecule has 0 unspecified atom stereocenters. The van der Waals surface area contributed by atoms with Crippen LogP contribution in [0.2, 0.25) is 0 Å². The highest BCUT2D eigenvalue weighted by molar-refractivity contribution is 5.89. The zero-order valence-corrected chi connectivity index (χ0v) is 9.76. The van der Waals surface area contributed by atoms with Crippen molar-refractivity contribution in [3.63, 3.8) is 0 Å². The van der Waals surface area contributed by atoms with Crippen molar-refractivity contribution < 1.29 is 9.90 Å². The van der Waals surface area contributed by atoms with Crippen LogP contribution in [-0.2, 0) is 6.42 Å². The van der Waals surface area contributed by atoms with Crippen LogP contribution in [0.25, 0.3) is 12.2 Å². The highest BCUT2D eigenvalue weighted by Gasteiger charge is 2.11. The first-order chi connectivity index (χ1) is 8.74. The van der Waals surface area contributed by atoms with Crippen LogP contribution in [0.4, 0.5) is 0 Å². The molecule has 0 saturated carbocycles. The molecule has 1 aliphatic carbocycles. The van der Waals surface area contributed by atoms with Gasteiger partial charge in [-0.3, -0.25) is 0 Å². The van der Waals surface area contributed by atoms with E-state index in [1.165, 1.54) is 16.7 Å². The lowest BCUT2D eigenvalue weighted by atomic mass is 9.98. The summed E-state index contributed by atoms with van der Waals surface area (Å²) in [6.45, 7) is 0. The lowest BCUT2D eigenvalue weighted by molar-refractivity contribution is 0.0697. The van der Waals surface area contributed by atoms with Gasteiger partial charge in [-0.05, 0) is 40.8 Å². The highest BCUT2D eigenvalue weighted by atomic mass is 16.4. The van der Waals surface area contributed by atoms with Crippen LogP contribution < -0.4 is 0 Å². The average molecular weight is 236 g/mol. The minimum atomic E-state index is -0.882. The number of carboxylic acids is 1. The number of carboxylic acid groups (broad SMARTS) is 1. The molecule has 0 heterocycles. The summed E-state index contributed by atoms with van der Waals surface area (Å²) in [6, 6.07) is 13.6. The van der Waals surface area contributed by atoms with E-state index >= 15 is 0 Å². The second-order valence-electron chi connectivity index (χ2n) is 4.43. The predicted molar refractivity (Wildman–Crippen MR) is 71.6 cm³/mol. The fourth-order valence-corrected chi connectivity index (χ4v) is 2.29. The van der Waals surface area contributed by atoms with Gasteiger partial charge in [0, 0.05) is 0 Å². The van der Waals surface area contributed by atoms with Crippen molar-refractivity contribution >= 4 is 18.1 Å². The second-order valence-corrected chi connectivity index (χ2v) is 4.43. The van der Waals surface area contributed by atoms with E-state index in [2.05, 4.69) is 12.1 Å². The van der Waals surface area contributed by atoms with Crippen LogP contribution in [0.1, 0.15) is 32.6 Å². The van der Waals surface area contributed by atoms with Crippen LogP contribution >= 0.6 is 0 Å². The third-order valence-electron chi connectivity index (χ3n) is 3.27. The summed E-state index contributed by atoms with van der Waals surface area (Å²) in [4.78, 5) is 11.0. The number of rotatable bonds is 1. The summed E-state index contributed by atoms with van der Waals surface area (Å²) in [5, 5.41) is 9.01. The molecule has 0 saturated heterocycles. The third-order valence-corrected chi connectivity index (χ3v) is 3.27. The average Bonchev–Trinajstić information content (AvgIpc) is 2.56. The van der Waals surface area contributed by atoms with Gasteiger partial charge in [-0.2, -0.15) is 0 Å². The lowest BCUT2D eigenvalue weighted by Gasteiger charge is -2.06. The topological polar surface area (TPSA) is 37.3 Å². The Morgan fingerprint density at radius 1 is 0.944 bits per heavy atom. The zero-order valence-electron chi connectivity index (χ0n) is 9.76. The van der Waals surface area contributed by atoms with E-state index in [0.29, 0.717) is 5.56 Å². The van der Waals surface area contributed by atoms with E-state index in [1.54, 1.807) is 12.1 Å². The van der Waals surface area contributed by atoms with E-state index in [0.717, 1.165) is 12.0 Å². The number of hydrogen-bond acceptors (Lipinski definition) is 1. The van der Waals surface area contributed by atoms with Crippen LogP contribution in [0.3, 0.4) is 0 Å². The normalized spacial score (nSPS) is 12.4. The maximum atomic E-state index is 11.0. The van der Waals surface area contributed by atoms with Crippen LogP contribution in [-0.4, -0.2) is 11.1 Å². The zero-order chi connectivity index (χ0) is 12.5. The van der Waals surface area contributed by atoms with Gasteiger partial charge in [0.05, 0.1) is 5.56 Å². The van der Waals surface area contributed by atoms with E-state index < -0.39 is 5.97 Å². The van der Waals surface area contributed by atoms with Crippen LogP contribution in [0.5, 0.6) is 0 Å². The predicted octanol–water partition coefficient (Wildman–Crippen LogP) is 3.46. The first kappa shape index (κ1) is 10.8. The van der Waals surface area contributed by atoms with E-state index in [-0.39, 0.29) is 0 Å². The molecule has 0 amide bonds. The maximum Gasteiger partial charge on any atom is 0.335 e. The quantitative estimate of drug-likeness (QED) is 0.702. The van der Waals surface area contributed by atoms with Crippen LogP contribution in [0, 0.1) is 0 Å². The van der Waals surface area contributed by atoms with Gasteiger partial charge in [-0.15, -0.1) is 0 Å². The minimum Gasteiger partial charge on any atom is -0.478 e. The highest BCUT2D eigenvalue weighted by Crippen LogP contribution is 2.25. The van der Waals surface area contributed by atoms with Crippen molar-refractivity contribution in [3.05, 3.63) is 70.3 Å². The maximum absolute atomic E-state index is 11.0. The molecule has 3 rings (SSSR count). The van der Waals surface area contributed by atoms with Gasteiger partial charge in [0.2, 0.25) is 0 Å². The molecule has 0 aromatic heterocycles. The summed E-state index contributed by atoms with van der Waals surface area (Å²) in [7, 11) is 0. The Morgan fingerprint density at radius 3 is 2.50 bits per heavy atom. The van der Waals surface area contributed by atoms with Gasteiger partial charge < -0.3 is 5.11 Å². The molecular weight excluding hydrogens is 224 g/mol. The summed E-state index contributed by atoms with van der Waals surface area (Å²) >= 11 is 0. The minimum absolute atomic E-state index is 0.337. The lowest BCUT2D eigenvalue weighted by Crippen LogP contribution is -1.99. The second kappa shape index (κ2) is 4.15. The Labute approximate surface area is 105 Å². The molecule has 0 aliphatic heterocycles. The van der Waals surface area contributed by atoms with E-state index in [4.69, 9.17) is 5.11 Å². The summed E-state index contributed by atoms with van der Waals surface area (Å²) in [5.41, 5.74) is 4.97. The fourth-order valence-electron chi connectivity index (χ4n) is 2.29. The monoisotopic (exact) mass is 236 g/mol. The number of carbonyl (C=O) groups is 1. The molecule has 0 fully saturated rings. The molecular formula is C16H12O2. The third kappa shape index (κ3) is 1.82. The van der Waals surface area contributed by atoms with Gasteiger partial charge >= 0.3 is 5.97 Å². The number of fused-ring (bicyclic) bond motifs is 2. The number of aromatic carboxylic acids is 1. The summed E-state index contributed by atoms with van der Waals surface area (Å²) < 4.78 is 0. The van der Waals surface area contributed by atoms with Crippen molar-refractivity contribution in [2.75, 3.05) is 0 Å². The molecule has 2 aromatic carbocycles. The first-order valence-corrected chi connectivity index (χ1v) is 5.86. The van der Waals surface area contributed by atoms with Gasteiger partial charge in [-0.1, -0.05) is 42.5 Å². The molecule has 0 atom stereocenters. The molecule has 2 aromatic rings. The Kier molecular flexibility index (Phi) is 2.49. The molecule has 2 nitrogen and oxygen atoms in total.